The number of aromatic nitrogens is 7. The van der Waals surface area contributed by atoms with Crippen LogP contribution in [0.3, 0.4) is 0 Å². The molecule has 7 heteroatoms. The molecule has 0 saturated carbocycles. The van der Waals surface area contributed by atoms with E-state index in [2.05, 4.69) is 143 Å². The highest BCUT2D eigenvalue weighted by Crippen LogP contribution is 2.43. The van der Waals surface area contributed by atoms with E-state index in [4.69, 9.17) is 24.9 Å². The van der Waals surface area contributed by atoms with E-state index in [9.17, 15) is 0 Å². The van der Waals surface area contributed by atoms with Crippen LogP contribution in [0.25, 0.3) is 122 Å². The van der Waals surface area contributed by atoms with E-state index in [0.717, 1.165) is 77.5 Å². The van der Waals surface area contributed by atoms with Crippen LogP contribution in [0.1, 0.15) is 0 Å². The fraction of sp³-hybridized carbons (Fsp3) is 0. The van der Waals surface area contributed by atoms with Gasteiger partial charge in [0, 0.05) is 54.7 Å². The van der Waals surface area contributed by atoms with Gasteiger partial charge in [-0.25, -0.2) is 19.9 Å². The van der Waals surface area contributed by atoms with Gasteiger partial charge in [-0.1, -0.05) is 146 Å². The van der Waals surface area contributed by atoms with Gasteiger partial charge in [-0.2, -0.15) is 0 Å². The lowest BCUT2D eigenvalue weighted by Gasteiger charge is -2.12. The van der Waals surface area contributed by atoms with Crippen molar-refractivity contribution in [2.24, 2.45) is 0 Å². The van der Waals surface area contributed by atoms with Gasteiger partial charge in [0.25, 0.3) is 0 Å². The predicted octanol–water partition coefficient (Wildman–Crippen LogP) is 13.3. The van der Waals surface area contributed by atoms with Gasteiger partial charge < -0.3 is 4.57 Å². The van der Waals surface area contributed by atoms with Gasteiger partial charge in [0.1, 0.15) is 0 Å². The second-order valence-corrected chi connectivity index (χ2v) is 15.7. The number of hydrogen-bond donors (Lipinski definition) is 0. The third kappa shape index (κ3) is 5.15. The number of para-hydroxylation sites is 2. The molecule has 62 heavy (non-hydrogen) atoms. The fourth-order valence-electron chi connectivity index (χ4n) is 9.46. The number of rotatable bonds is 5. The van der Waals surface area contributed by atoms with Crippen molar-refractivity contribution < 1.29 is 0 Å². The molecule has 13 aromatic rings. The topological polar surface area (TPSA) is 74.3 Å². The van der Waals surface area contributed by atoms with Crippen LogP contribution in [-0.2, 0) is 0 Å². The second-order valence-electron chi connectivity index (χ2n) is 15.7. The van der Waals surface area contributed by atoms with Crippen molar-refractivity contribution in [3.63, 3.8) is 0 Å². The molecule has 0 spiro atoms. The number of benzene rings is 9. The molecular weight excluding hydrogens is 759 g/mol. The molecule has 0 aliphatic carbocycles. The maximum atomic E-state index is 5.45. The highest BCUT2D eigenvalue weighted by Gasteiger charge is 2.22. The largest absolute Gasteiger partial charge is 0.309 e. The molecule has 4 heterocycles. The van der Waals surface area contributed by atoms with Crippen LogP contribution in [0.5, 0.6) is 0 Å². The Kier molecular flexibility index (Phi) is 7.47. The van der Waals surface area contributed by atoms with E-state index in [1.807, 2.05) is 66.9 Å². The lowest BCUT2D eigenvalue weighted by molar-refractivity contribution is 1.07. The molecular formula is C55H33N7. The van der Waals surface area contributed by atoms with Gasteiger partial charge in [0.05, 0.1) is 39.3 Å². The number of hydrogen-bond acceptors (Lipinski definition) is 5. The molecule has 0 fully saturated rings. The van der Waals surface area contributed by atoms with E-state index in [-0.39, 0.29) is 0 Å². The number of fused-ring (bicyclic) bond motifs is 13. The SMILES string of the molecule is c1ccc(-c2nc(-c3ccccc3)nc(-c3ccc(-n4c5ccccc5c5c6c7ccccc7n(-c7cnc8c9ccccc9c9ccccc9c8n7)c6ccc54)cc3)n2)cc1. The predicted molar refractivity (Wildman–Crippen MR) is 253 cm³/mol. The van der Waals surface area contributed by atoms with Crippen molar-refractivity contribution in [1.29, 1.82) is 0 Å². The van der Waals surface area contributed by atoms with Gasteiger partial charge >= 0.3 is 0 Å². The Morgan fingerprint density at radius 2 is 0.710 bits per heavy atom. The molecule has 0 atom stereocenters. The van der Waals surface area contributed by atoms with Crippen molar-refractivity contribution in [2.45, 2.75) is 0 Å². The molecule has 9 aromatic carbocycles. The minimum absolute atomic E-state index is 0.624. The van der Waals surface area contributed by atoms with Crippen molar-refractivity contribution in [1.82, 2.24) is 34.1 Å². The van der Waals surface area contributed by atoms with Crippen LogP contribution < -0.4 is 0 Å². The third-order valence-corrected chi connectivity index (χ3v) is 12.2. The summed E-state index contributed by atoms with van der Waals surface area (Å²) in [5.74, 6) is 2.69. The summed E-state index contributed by atoms with van der Waals surface area (Å²) in [6, 6.07) is 67.6. The van der Waals surface area contributed by atoms with Crippen molar-refractivity contribution in [2.75, 3.05) is 0 Å². The van der Waals surface area contributed by atoms with Crippen LogP contribution in [-0.4, -0.2) is 34.1 Å². The third-order valence-electron chi connectivity index (χ3n) is 12.2. The summed E-state index contributed by atoms with van der Waals surface area (Å²) in [4.78, 5) is 25.5. The van der Waals surface area contributed by atoms with E-state index in [1.165, 1.54) is 26.9 Å². The molecule has 0 bridgehead atoms. The highest BCUT2D eigenvalue weighted by atomic mass is 15.1. The van der Waals surface area contributed by atoms with Crippen LogP contribution in [0.15, 0.2) is 200 Å². The smallest absolute Gasteiger partial charge is 0.164 e. The summed E-state index contributed by atoms with van der Waals surface area (Å²) in [7, 11) is 0. The first-order valence-corrected chi connectivity index (χ1v) is 20.8. The van der Waals surface area contributed by atoms with Crippen LogP contribution >= 0.6 is 0 Å². The maximum Gasteiger partial charge on any atom is 0.164 e. The lowest BCUT2D eigenvalue weighted by Crippen LogP contribution is -2.00. The average Bonchev–Trinajstić information content (AvgIpc) is 3.87. The first kappa shape index (κ1) is 34.3. The summed E-state index contributed by atoms with van der Waals surface area (Å²) in [6.07, 6.45) is 1.93. The minimum atomic E-state index is 0.624. The highest BCUT2D eigenvalue weighted by molar-refractivity contribution is 6.29. The Morgan fingerprint density at radius 3 is 1.26 bits per heavy atom. The molecule has 0 amide bonds. The van der Waals surface area contributed by atoms with Crippen LogP contribution in [0, 0.1) is 0 Å². The van der Waals surface area contributed by atoms with E-state index >= 15 is 0 Å². The molecule has 0 radical (unpaired) electrons. The Balaban J connectivity index is 0.999. The van der Waals surface area contributed by atoms with Gasteiger partial charge in [0.2, 0.25) is 0 Å². The normalized spacial score (nSPS) is 11.9. The Bertz CT molecular complexity index is 3820. The van der Waals surface area contributed by atoms with E-state index in [0.29, 0.717) is 17.5 Å². The monoisotopic (exact) mass is 791 g/mol. The standard InChI is InChI=1S/C55H33N7/c1-3-15-34(16-4-1)53-58-54(35-17-5-2-6-18-35)60-55(59-53)36-27-29-37(30-28-36)61-44-25-13-11-23-42(44)49-46(61)31-32-47-50(49)43-24-12-14-26-45(43)62(47)48-33-56-51-40-21-9-7-19-38(40)39-20-8-10-22-41(39)52(51)57-48/h1-33H. The van der Waals surface area contributed by atoms with E-state index < -0.39 is 0 Å². The van der Waals surface area contributed by atoms with Crippen molar-refractivity contribution in [3.05, 3.63) is 200 Å². The van der Waals surface area contributed by atoms with E-state index in [1.54, 1.807) is 0 Å². The lowest BCUT2D eigenvalue weighted by atomic mass is 10.00. The first-order chi connectivity index (χ1) is 30.8. The number of nitrogens with zero attached hydrogens (tertiary/aromatic N) is 7. The van der Waals surface area contributed by atoms with Crippen molar-refractivity contribution in [3.8, 4) is 45.7 Å². The molecule has 7 nitrogen and oxygen atoms in total. The van der Waals surface area contributed by atoms with Crippen molar-refractivity contribution >= 4 is 76.2 Å². The Labute approximate surface area is 354 Å². The summed E-state index contributed by atoms with van der Waals surface area (Å²) in [5, 5.41) is 9.28. The first-order valence-electron chi connectivity index (χ1n) is 20.8. The van der Waals surface area contributed by atoms with Gasteiger partial charge in [-0.05, 0) is 59.3 Å². The second kappa shape index (κ2) is 13.5. The molecule has 0 unspecified atom stereocenters. The molecule has 288 valence electrons. The molecule has 0 N–H and O–H groups in total. The molecule has 0 saturated heterocycles. The molecule has 4 aromatic heterocycles. The zero-order valence-electron chi connectivity index (χ0n) is 33.2. The average molecular weight is 792 g/mol. The summed E-state index contributed by atoms with van der Waals surface area (Å²) < 4.78 is 4.65. The summed E-state index contributed by atoms with van der Waals surface area (Å²) in [6.45, 7) is 0. The van der Waals surface area contributed by atoms with Crippen LogP contribution in [0.4, 0.5) is 0 Å². The summed E-state index contributed by atoms with van der Waals surface area (Å²) in [5.41, 5.74) is 10.0. The zero-order chi connectivity index (χ0) is 40.7. The van der Waals surface area contributed by atoms with Gasteiger partial charge in [-0.3, -0.25) is 9.55 Å². The molecule has 0 aliphatic rings. The maximum absolute atomic E-state index is 5.45. The molecule has 0 aliphatic heterocycles. The van der Waals surface area contributed by atoms with Gasteiger partial charge in [-0.15, -0.1) is 0 Å². The minimum Gasteiger partial charge on any atom is -0.309 e. The Morgan fingerprint density at radius 1 is 0.290 bits per heavy atom. The molecule has 13 rings (SSSR count). The summed E-state index contributed by atoms with van der Waals surface area (Å²) >= 11 is 0. The zero-order valence-corrected chi connectivity index (χ0v) is 33.2. The fourth-order valence-corrected chi connectivity index (χ4v) is 9.46. The quantitative estimate of drug-likeness (QED) is 0.162. The van der Waals surface area contributed by atoms with Gasteiger partial charge in [0.15, 0.2) is 23.3 Å². The van der Waals surface area contributed by atoms with Crippen LogP contribution in [0.2, 0.25) is 0 Å². The Hall–Kier alpha value is -8.55.